The summed E-state index contributed by atoms with van der Waals surface area (Å²) in [6.07, 6.45) is 5.56. The molecular weight excluding hydrogens is 164 g/mol. The van der Waals surface area contributed by atoms with Crippen LogP contribution in [0.5, 0.6) is 0 Å². The molecule has 1 aliphatic rings. The second-order valence-corrected chi connectivity index (χ2v) is 3.78. The highest BCUT2D eigenvalue weighted by atomic mass is 16.3. The zero-order valence-electron chi connectivity index (χ0n) is 7.48. The van der Waals surface area contributed by atoms with E-state index >= 15 is 0 Å². The van der Waals surface area contributed by atoms with Crippen molar-refractivity contribution in [2.75, 3.05) is 6.61 Å². The summed E-state index contributed by atoms with van der Waals surface area (Å²) in [5, 5.41) is 9.19. The van der Waals surface area contributed by atoms with Gasteiger partial charge in [-0.2, -0.15) is 0 Å². The van der Waals surface area contributed by atoms with E-state index in [0.717, 1.165) is 18.4 Å². The van der Waals surface area contributed by atoms with Gasteiger partial charge < -0.3 is 10.8 Å². The van der Waals surface area contributed by atoms with Crippen molar-refractivity contribution in [3.8, 4) is 0 Å². The number of nitrogens with two attached hydrogens (primary N) is 1. The lowest BCUT2D eigenvalue weighted by Crippen LogP contribution is -2.25. The van der Waals surface area contributed by atoms with Gasteiger partial charge in [0.1, 0.15) is 0 Å². The minimum atomic E-state index is -0.0637. The van der Waals surface area contributed by atoms with Gasteiger partial charge in [0.15, 0.2) is 0 Å². The number of aromatic nitrogens is 1. The molecule has 0 amide bonds. The van der Waals surface area contributed by atoms with Crippen molar-refractivity contribution in [1.29, 1.82) is 0 Å². The lowest BCUT2D eigenvalue weighted by Gasteiger charge is -2.20. The summed E-state index contributed by atoms with van der Waals surface area (Å²) in [6, 6.07) is 3.78. The Labute approximate surface area is 77.6 Å². The predicted molar refractivity (Wildman–Crippen MR) is 49.9 cm³/mol. The number of aliphatic hydroxyl groups is 1. The van der Waals surface area contributed by atoms with Gasteiger partial charge in [-0.1, -0.05) is 6.07 Å². The molecule has 0 bridgehead atoms. The van der Waals surface area contributed by atoms with Crippen molar-refractivity contribution in [1.82, 2.24) is 4.98 Å². The SMILES string of the molecule is NC(c1cccnc1)C1(CO)CC1. The van der Waals surface area contributed by atoms with E-state index in [2.05, 4.69) is 4.98 Å². The zero-order valence-corrected chi connectivity index (χ0v) is 7.48. The molecule has 1 aromatic rings. The molecule has 1 aliphatic carbocycles. The summed E-state index contributed by atoms with van der Waals surface area (Å²) in [5.41, 5.74) is 7.02. The molecule has 13 heavy (non-hydrogen) atoms. The summed E-state index contributed by atoms with van der Waals surface area (Å²) in [5.74, 6) is 0. The molecule has 0 spiro atoms. The number of hydrogen-bond donors (Lipinski definition) is 2. The van der Waals surface area contributed by atoms with Crippen LogP contribution in [-0.4, -0.2) is 16.7 Å². The van der Waals surface area contributed by atoms with Gasteiger partial charge in [0.2, 0.25) is 0 Å². The minimum Gasteiger partial charge on any atom is -0.396 e. The van der Waals surface area contributed by atoms with Gasteiger partial charge in [-0.25, -0.2) is 0 Å². The molecule has 0 aliphatic heterocycles. The summed E-state index contributed by atoms with van der Waals surface area (Å²) >= 11 is 0. The molecule has 1 atom stereocenters. The standard InChI is InChI=1S/C10H14N2O/c11-9(10(7-13)3-4-10)8-2-1-5-12-6-8/h1-2,5-6,9,13H,3-4,7,11H2. The molecule has 3 nitrogen and oxygen atoms in total. The van der Waals surface area contributed by atoms with E-state index in [1.807, 2.05) is 12.1 Å². The fourth-order valence-corrected chi connectivity index (χ4v) is 1.64. The van der Waals surface area contributed by atoms with Crippen molar-refractivity contribution >= 4 is 0 Å². The summed E-state index contributed by atoms with van der Waals surface area (Å²) in [7, 11) is 0. The average Bonchev–Trinajstić information content (AvgIpc) is 2.99. The van der Waals surface area contributed by atoms with Crippen LogP contribution in [0.4, 0.5) is 0 Å². The number of rotatable bonds is 3. The molecule has 0 radical (unpaired) electrons. The fraction of sp³-hybridized carbons (Fsp3) is 0.500. The van der Waals surface area contributed by atoms with Crippen LogP contribution in [-0.2, 0) is 0 Å². The second-order valence-electron chi connectivity index (χ2n) is 3.78. The highest BCUT2D eigenvalue weighted by molar-refractivity contribution is 5.20. The first-order valence-electron chi connectivity index (χ1n) is 4.55. The van der Waals surface area contributed by atoms with E-state index in [1.54, 1.807) is 12.4 Å². The molecule has 2 rings (SSSR count). The third kappa shape index (κ3) is 1.45. The Hall–Kier alpha value is -0.930. The van der Waals surface area contributed by atoms with E-state index in [1.165, 1.54) is 0 Å². The van der Waals surface area contributed by atoms with E-state index in [-0.39, 0.29) is 18.1 Å². The van der Waals surface area contributed by atoms with Crippen LogP contribution in [0.1, 0.15) is 24.4 Å². The van der Waals surface area contributed by atoms with Gasteiger partial charge in [0, 0.05) is 23.9 Å². The lowest BCUT2D eigenvalue weighted by atomic mass is 9.93. The molecule has 1 aromatic heterocycles. The molecule has 3 N–H and O–H groups in total. The number of aliphatic hydroxyl groups excluding tert-OH is 1. The maximum Gasteiger partial charge on any atom is 0.0505 e. The summed E-state index contributed by atoms with van der Waals surface area (Å²) in [6.45, 7) is 0.184. The Morgan fingerprint density at radius 3 is 2.85 bits per heavy atom. The monoisotopic (exact) mass is 178 g/mol. The largest absolute Gasteiger partial charge is 0.396 e. The maximum atomic E-state index is 9.19. The first-order valence-corrected chi connectivity index (χ1v) is 4.55. The number of hydrogen-bond acceptors (Lipinski definition) is 3. The van der Waals surface area contributed by atoms with E-state index < -0.39 is 0 Å². The van der Waals surface area contributed by atoms with Gasteiger partial charge in [-0.3, -0.25) is 4.98 Å². The molecule has 1 saturated carbocycles. The molecule has 1 heterocycles. The van der Waals surface area contributed by atoms with Gasteiger partial charge in [-0.05, 0) is 24.5 Å². The average molecular weight is 178 g/mol. The Morgan fingerprint density at radius 1 is 1.62 bits per heavy atom. The van der Waals surface area contributed by atoms with Crippen LogP contribution < -0.4 is 5.73 Å². The van der Waals surface area contributed by atoms with Crippen LogP contribution in [0.3, 0.4) is 0 Å². The van der Waals surface area contributed by atoms with Gasteiger partial charge in [-0.15, -0.1) is 0 Å². The molecule has 1 fully saturated rings. The van der Waals surface area contributed by atoms with Gasteiger partial charge in [0.25, 0.3) is 0 Å². The zero-order chi connectivity index (χ0) is 9.31. The normalized spacial score (nSPS) is 21.1. The molecule has 0 aromatic carbocycles. The lowest BCUT2D eigenvalue weighted by molar-refractivity contribution is 0.187. The third-order valence-corrected chi connectivity index (χ3v) is 2.91. The van der Waals surface area contributed by atoms with E-state index in [0.29, 0.717) is 0 Å². The molecular formula is C10H14N2O. The van der Waals surface area contributed by atoms with Crippen molar-refractivity contribution in [3.05, 3.63) is 30.1 Å². The quantitative estimate of drug-likeness (QED) is 0.721. The number of nitrogens with zero attached hydrogens (tertiary/aromatic N) is 1. The van der Waals surface area contributed by atoms with Crippen molar-refractivity contribution in [3.63, 3.8) is 0 Å². The van der Waals surface area contributed by atoms with Crippen molar-refractivity contribution < 1.29 is 5.11 Å². The fourth-order valence-electron chi connectivity index (χ4n) is 1.64. The minimum absolute atomic E-state index is 0.0525. The smallest absolute Gasteiger partial charge is 0.0505 e. The second kappa shape index (κ2) is 3.09. The highest BCUT2D eigenvalue weighted by Crippen LogP contribution is 2.53. The summed E-state index contributed by atoms with van der Waals surface area (Å²) < 4.78 is 0. The Bertz CT molecular complexity index is 282. The molecule has 70 valence electrons. The van der Waals surface area contributed by atoms with Crippen LogP contribution in [0.15, 0.2) is 24.5 Å². The Balaban J connectivity index is 2.18. The van der Waals surface area contributed by atoms with Crippen LogP contribution >= 0.6 is 0 Å². The van der Waals surface area contributed by atoms with Crippen molar-refractivity contribution in [2.45, 2.75) is 18.9 Å². The Kier molecular flexibility index (Phi) is 2.06. The first kappa shape index (κ1) is 8.66. The van der Waals surface area contributed by atoms with E-state index in [9.17, 15) is 5.11 Å². The first-order chi connectivity index (χ1) is 6.28. The molecule has 0 saturated heterocycles. The molecule has 3 heteroatoms. The summed E-state index contributed by atoms with van der Waals surface area (Å²) in [4.78, 5) is 4.02. The van der Waals surface area contributed by atoms with Gasteiger partial charge >= 0.3 is 0 Å². The third-order valence-electron chi connectivity index (χ3n) is 2.91. The highest BCUT2D eigenvalue weighted by Gasteiger charge is 2.47. The predicted octanol–water partition coefficient (Wildman–Crippen LogP) is 0.854. The van der Waals surface area contributed by atoms with Crippen LogP contribution in [0, 0.1) is 5.41 Å². The molecule has 1 unspecified atom stereocenters. The topological polar surface area (TPSA) is 59.1 Å². The van der Waals surface area contributed by atoms with Crippen LogP contribution in [0.25, 0.3) is 0 Å². The Morgan fingerprint density at radius 2 is 2.38 bits per heavy atom. The maximum absolute atomic E-state index is 9.19. The number of pyridine rings is 1. The van der Waals surface area contributed by atoms with Gasteiger partial charge in [0.05, 0.1) is 6.61 Å². The van der Waals surface area contributed by atoms with E-state index in [4.69, 9.17) is 5.73 Å². The van der Waals surface area contributed by atoms with Crippen molar-refractivity contribution in [2.24, 2.45) is 11.1 Å². The van der Waals surface area contributed by atoms with Crippen LogP contribution in [0.2, 0.25) is 0 Å².